The third-order valence-corrected chi connectivity index (χ3v) is 4.35. The molecule has 2 amide bonds. The maximum atomic E-state index is 12.8. The highest BCUT2D eigenvalue weighted by Gasteiger charge is 2.39. The lowest BCUT2D eigenvalue weighted by Crippen LogP contribution is -2.44. The maximum absolute atomic E-state index is 12.8. The fraction of sp³-hybridized carbons (Fsp3) is 0.263. The minimum Gasteiger partial charge on any atom is -0.486 e. The number of amides is 2. The Kier molecular flexibility index (Phi) is 3.80. The van der Waals surface area contributed by atoms with Gasteiger partial charge >= 0.3 is 0 Å². The van der Waals surface area contributed by atoms with Gasteiger partial charge in [-0.3, -0.25) is 9.59 Å². The molecule has 0 bridgehead atoms. The van der Waals surface area contributed by atoms with Gasteiger partial charge in [0.2, 0.25) is 5.91 Å². The van der Waals surface area contributed by atoms with Crippen molar-refractivity contribution in [2.45, 2.75) is 19.1 Å². The van der Waals surface area contributed by atoms with Crippen LogP contribution in [-0.2, 0) is 9.59 Å². The van der Waals surface area contributed by atoms with E-state index in [0.29, 0.717) is 24.7 Å². The standard InChI is InChI=1S/C19H18N2O4/c1-12(22)20-18-14-6-2-3-7-15(14)21(19(18)23)10-13-11-24-16-8-4-5-9-17(16)25-13/h2-9,13,18H,10-11H2,1H3,(H,20,22)/t13-,18-/m0/s1. The number of carbonyl (C=O) groups excluding carboxylic acids is 2. The van der Waals surface area contributed by atoms with Crippen molar-refractivity contribution in [3.05, 3.63) is 54.1 Å². The Labute approximate surface area is 145 Å². The summed E-state index contributed by atoms with van der Waals surface area (Å²) in [6, 6.07) is 14.3. The number of fused-ring (bicyclic) bond motifs is 2. The van der Waals surface area contributed by atoms with E-state index in [2.05, 4.69) is 5.32 Å². The molecule has 0 saturated carbocycles. The number of ether oxygens (including phenoxy) is 2. The van der Waals surface area contributed by atoms with E-state index < -0.39 is 6.04 Å². The molecular weight excluding hydrogens is 320 g/mol. The van der Waals surface area contributed by atoms with E-state index in [0.717, 1.165) is 11.3 Å². The number of nitrogens with one attached hydrogen (secondary N) is 1. The summed E-state index contributed by atoms with van der Waals surface area (Å²) in [7, 11) is 0. The second kappa shape index (κ2) is 6.12. The zero-order chi connectivity index (χ0) is 17.4. The third kappa shape index (κ3) is 2.80. The predicted molar refractivity (Wildman–Crippen MR) is 91.7 cm³/mol. The van der Waals surface area contributed by atoms with Crippen LogP contribution in [0.5, 0.6) is 11.5 Å². The van der Waals surface area contributed by atoms with Crippen LogP contribution in [0.15, 0.2) is 48.5 Å². The van der Waals surface area contributed by atoms with Gasteiger partial charge in [0.1, 0.15) is 12.6 Å². The van der Waals surface area contributed by atoms with Crippen LogP contribution in [0.2, 0.25) is 0 Å². The molecule has 2 aliphatic rings. The maximum Gasteiger partial charge on any atom is 0.254 e. The minimum atomic E-state index is -0.648. The van der Waals surface area contributed by atoms with Crippen molar-refractivity contribution in [2.75, 3.05) is 18.1 Å². The van der Waals surface area contributed by atoms with Gasteiger partial charge in [0.25, 0.3) is 5.91 Å². The van der Waals surface area contributed by atoms with Gasteiger partial charge in [-0.25, -0.2) is 0 Å². The smallest absolute Gasteiger partial charge is 0.254 e. The number of hydrogen-bond donors (Lipinski definition) is 1. The van der Waals surface area contributed by atoms with Gasteiger partial charge in [0.05, 0.1) is 6.54 Å². The Hall–Kier alpha value is -3.02. The van der Waals surface area contributed by atoms with Crippen molar-refractivity contribution >= 4 is 17.5 Å². The Morgan fingerprint density at radius 1 is 1.16 bits per heavy atom. The second-order valence-corrected chi connectivity index (χ2v) is 6.14. The molecule has 2 aromatic carbocycles. The lowest BCUT2D eigenvalue weighted by atomic mass is 10.1. The quantitative estimate of drug-likeness (QED) is 0.930. The number of rotatable bonds is 3. The highest BCUT2D eigenvalue weighted by atomic mass is 16.6. The molecule has 128 valence electrons. The van der Waals surface area contributed by atoms with E-state index in [4.69, 9.17) is 9.47 Å². The molecule has 4 rings (SSSR count). The molecular formula is C19H18N2O4. The number of para-hydroxylation sites is 3. The Bertz CT molecular complexity index is 836. The number of hydrogen-bond acceptors (Lipinski definition) is 4. The molecule has 6 heteroatoms. The first-order valence-corrected chi connectivity index (χ1v) is 8.19. The summed E-state index contributed by atoms with van der Waals surface area (Å²) >= 11 is 0. The highest BCUT2D eigenvalue weighted by Crippen LogP contribution is 2.37. The molecule has 0 aromatic heterocycles. The van der Waals surface area contributed by atoms with Crippen LogP contribution in [-0.4, -0.2) is 31.1 Å². The van der Waals surface area contributed by atoms with E-state index in [1.807, 2.05) is 48.5 Å². The van der Waals surface area contributed by atoms with E-state index in [1.54, 1.807) is 4.90 Å². The van der Waals surface area contributed by atoms with Crippen molar-refractivity contribution in [2.24, 2.45) is 0 Å². The van der Waals surface area contributed by atoms with Gasteiger partial charge in [0, 0.05) is 18.2 Å². The first-order valence-electron chi connectivity index (χ1n) is 8.19. The minimum absolute atomic E-state index is 0.154. The van der Waals surface area contributed by atoms with Crippen LogP contribution < -0.4 is 19.7 Å². The van der Waals surface area contributed by atoms with Crippen LogP contribution in [0.25, 0.3) is 0 Å². The van der Waals surface area contributed by atoms with E-state index in [-0.39, 0.29) is 17.9 Å². The van der Waals surface area contributed by atoms with Gasteiger partial charge in [-0.2, -0.15) is 0 Å². The van der Waals surface area contributed by atoms with Crippen molar-refractivity contribution in [3.63, 3.8) is 0 Å². The SMILES string of the molecule is CC(=O)N[C@@H]1C(=O)N(C[C@H]2COc3ccccc3O2)c2ccccc21. The monoisotopic (exact) mass is 338 g/mol. The predicted octanol–water partition coefficient (Wildman–Crippen LogP) is 2.05. The average molecular weight is 338 g/mol. The van der Waals surface area contributed by atoms with E-state index in [1.165, 1.54) is 6.92 Å². The van der Waals surface area contributed by atoms with Crippen LogP contribution in [0.1, 0.15) is 18.5 Å². The molecule has 2 aromatic rings. The van der Waals surface area contributed by atoms with Crippen LogP contribution >= 0.6 is 0 Å². The Balaban J connectivity index is 1.57. The molecule has 0 saturated heterocycles. The molecule has 0 spiro atoms. The topological polar surface area (TPSA) is 67.9 Å². The molecule has 2 atom stereocenters. The van der Waals surface area contributed by atoms with E-state index >= 15 is 0 Å². The van der Waals surface area contributed by atoms with Gasteiger partial charge in [-0.05, 0) is 18.2 Å². The highest BCUT2D eigenvalue weighted by molar-refractivity contribution is 6.06. The Morgan fingerprint density at radius 3 is 2.68 bits per heavy atom. The van der Waals surface area contributed by atoms with E-state index in [9.17, 15) is 9.59 Å². The van der Waals surface area contributed by atoms with Crippen molar-refractivity contribution in [1.29, 1.82) is 0 Å². The lowest BCUT2D eigenvalue weighted by molar-refractivity contribution is -0.126. The molecule has 2 heterocycles. The molecule has 25 heavy (non-hydrogen) atoms. The van der Waals surface area contributed by atoms with Crippen LogP contribution in [0.4, 0.5) is 5.69 Å². The number of nitrogens with zero attached hydrogens (tertiary/aromatic N) is 1. The molecule has 1 N–H and O–H groups in total. The van der Waals surface area contributed by atoms with Crippen molar-refractivity contribution in [3.8, 4) is 11.5 Å². The summed E-state index contributed by atoms with van der Waals surface area (Å²) in [4.78, 5) is 26.0. The molecule has 0 aliphatic carbocycles. The van der Waals surface area contributed by atoms with Gasteiger partial charge in [0.15, 0.2) is 17.6 Å². The third-order valence-electron chi connectivity index (χ3n) is 4.35. The lowest BCUT2D eigenvalue weighted by Gasteiger charge is -2.30. The molecule has 2 aliphatic heterocycles. The van der Waals surface area contributed by atoms with Gasteiger partial charge < -0.3 is 19.7 Å². The van der Waals surface area contributed by atoms with Crippen LogP contribution in [0.3, 0.4) is 0 Å². The zero-order valence-corrected chi connectivity index (χ0v) is 13.8. The normalized spacial score (nSPS) is 21.0. The first-order chi connectivity index (χ1) is 12.1. The number of carbonyl (C=O) groups is 2. The summed E-state index contributed by atoms with van der Waals surface area (Å²) in [5.41, 5.74) is 1.61. The summed E-state index contributed by atoms with van der Waals surface area (Å²) < 4.78 is 11.7. The molecule has 6 nitrogen and oxygen atoms in total. The first kappa shape index (κ1) is 15.5. The summed E-state index contributed by atoms with van der Waals surface area (Å²) in [6.45, 7) is 2.14. The summed E-state index contributed by atoms with van der Waals surface area (Å²) in [5.74, 6) is 1.00. The average Bonchev–Trinajstić information content (AvgIpc) is 2.87. The number of anilines is 1. The summed E-state index contributed by atoms with van der Waals surface area (Å²) in [5, 5.41) is 2.73. The second-order valence-electron chi connectivity index (χ2n) is 6.14. The fourth-order valence-corrected chi connectivity index (χ4v) is 3.27. The zero-order valence-electron chi connectivity index (χ0n) is 13.8. The molecule has 0 radical (unpaired) electrons. The van der Waals surface area contributed by atoms with Crippen LogP contribution in [0, 0.1) is 0 Å². The van der Waals surface area contributed by atoms with Gasteiger partial charge in [-0.15, -0.1) is 0 Å². The van der Waals surface area contributed by atoms with Gasteiger partial charge in [-0.1, -0.05) is 30.3 Å². The molecule has 0 fully saturated rings. The number of benzene rings is 2. The largest absolute Gasteiger partial charge is 0.486 e. The Morgan fingerprint density at radius 2 is 1.88 bits per heavy atom. The fourth-order valence-electron chi connectivity index (χ4n) is 3.27. The summed E-state index contributed by atoms with van der Waals surface area (Å²) in [6.07, 6.45) is -0.275. The van der Waals surface area contributed by atoms with Crippen molar-refractivity contribution in [1.82, 2.24) is 5.32 Å². The van der Waals surface area contributed by atoms with Crippen molar-refractivity contribution < 1.29 is 19.1 Å². The molecule has 0 unspecified atom stereocenters.